The maximum absolute atomic E-state index is 12.9. The van der Waals surface area contributed by atoms with Gasteiger partial charge in [-0.25, -0.2) is 4.79 Å². The van der Waals surface area contributed by atoms with Gasteiger partial charge in [-0.3, -0.25) is 14.9 Å². The summed E-state index contributed by atoms with van der Waals surface area (Å²) in [6.45, 7) is 5.90. The van der Waals surface area contributed by atoms with Crippen LogP contribution in [0.25, 0.3) is 0 Å². The van der Waals surface area contributed by atoms with Crippen molar-refractivity contribution < 1.29 is 24.6 Å². The molecule has 32 heavy (non-hydrogen) atoms. The Hall–Kier alpha value is -2.36. The minimum Gasteiger partial charge on any atom is -0.368 e. The number of anilines is 1. The molecular weight excluding hydrogens is 436 g/mol. The van der Waals surface area contributed by atoms with Crippen LogP contribution in [0.4, 0.5) is 10.5 Å². The van der Waals surface area contributed by atoms with Crippen molar-refractivity contribution in [3.05, 3.63) is 28.8 Å². The molecule has 0 aromatic heterocycles. The molecule has 0 aliphatic carbocycles. The Morgan fingerprint density at radius 1 is 1.28 bits per heavy atom. The molecule has 0 spiro atoms. The molecule has 0 radical (unpaired) electrons. The molecule has 2 saturated heterocycles. The van der Waals surface area contributed by atoms with E-state index in [4.69, 9.17) is 11.6 Å². The van der Waals surface area contributed by atoms with Gasteiger partial charge in [-0.2, -0.15) is 0 Å². The number of urea groups is 1. The van der Waals surface area contributed by atoms with E-state index in [2.05, 4.69) is 35.4 Å². The fourth-order valence-corrected chi connectivity index (χ4v) is 4.69. The number of nitrogens with zero attached hydrogens (tertiary/aromatic N) is 2. The van der Waals surface area contributed by atoms with Crippen LogP contribution < -0.4 is 15.5 Å². The molecule has 1 aromatic rings. The van der Waals surface area contributed by atoms with Crippen molar-refractivity contribution in [2.45, 2.75) is 63.8 Å². The minimum atomic E-state index is -1.59. The second kappa shape index (κ2) is 10.1. The molecule has 1 aromatic carbocycles. The molecule has 2 aliphatic heterocycles. The van der Waals surface area contributed by atoms with E-state index in [1.54, 1.807) is 4.90 Å². The van der Waals surface area contributed by atoms with Crippen LogP contribution in [0.2, 0.25) is 5.02 Å². The van der Waals surface area contributed by atoms with Crippen molar-refractivity contribution in [2.24, 2.45) is 0 Å². The van der Waals surface area contributed by atoms with Crippen LogP contribution in [0, 0.1) is 0 Å². The Labute approximate surface area is 192 Å². The lowest BCUT2D eigenvalue weighted by Gasteiger charge is -2.41. The molecule has 10 heteroatoms. The quantitative estimate of drug-likeness (QED) is 0.339. The van der Waals surface area contributed by atoms with E-state index < -0.39 is 23.8 Å². The summed E-state index contributed by atoms with van der Waals surface area (Å²) in [7, 11) is 0. The molecule has 3 rings (SSSR count). The van der Waals surface area contributed by atoms with Gasteiger partial charge in [0.25, 0.3) is 5.91 Å². The van der Waals surface area contributed by atoms with Crippen molar-refractivity contribution in [3.63, 3.8) is 0 Å². The molecule has 2 fully saturated rings. The average molecular weight is 467 g/mol. The summed E-state index contributed by atoms with van der Waals surface area (Å²) in [5, 5.41) is 23.9. The number of benzene rings is 1. The predicted molar refractivity (Wildman–Crippen MR) is 120 cm³/mol. The Bertz CT molecular complexity index is 880. The largest absolute Gasteiger partial charge is 0.368 e. The molecular formula is C22H31ClN4O5. The number of hydrogen-bond donors (Lipinski definition) is 4. The number of nitrogens with one attached hydrogen (secondary N) is 2. The van der Waals surface area contributed by atoms with Crippen LogP contribution in [0.3, 0.4) is 0 Å². The van der Waals surface area contributed by atoms with E-state index in [1.165, 1.54) is 0 Å². The number of hydrogen-bond acceptors (Lipinski definition) is 6. The van der Waals surface area contributed by atoms with Crippen LogP contribution in [0.5, 0.6) is 0 Å². The van der Waals surface area contributed by atoms with E-state index in [0.717, 1.165) is 22.7 Å². The number of aryl methyl sites for hydroxylation is 1. The van der Waals surface area contributed by atoms with E-state index in [1.807, 2.05) is 12.1 Å². The van der Waals surface area contributed by atoms with Crippen molar-refractivity contribution in [1.29, 1.82) is 0 Å². The van der Waals surface area contributed by atoms with Crippen molar-refractivity contribution in [1.82, 2.24) is 15.5 Å². The van der Waals surface area contributed by atoms with Crippen molar-refractivity contribution in [3.8, 4) is 0 Å². The summed E-state index contributed by atoms with van der Waals surface area (Å²) in [6.07, 6.45) is -0.625. The van der Waals surface area contributed by atoms with Gasteiger partial charge < -0.3 is 25.3 Å². The SMILES string of the molecule is CCc1cc(N2CCN(C(=O)CCC3(CCC(O)O)NC(=O)NC3=O)C[C@@H]2C)ccc1Cl. The molecule has 0 saturated carbocycles. The van der Waals surface area contributed by atoms with Crippen LogP contribution in [-0.2, 0) is 16.0 Å². The molecule has 2 aliphatic rings. The number of imide groups is 1. The van der Waals surface area contributed by atoms with E-state index >= 15 is 0 Å². The smallest absolute Gasteiger partial charge is 0.322 e. The zero-order valence-electron chi connectivity index (χ0n) is 18.4. The predicted octanol–water partition coefficient (Wildman–Crippen LogP) is 1.39. The number of aliphatic hydroxyl groups excluding tert-OH is 1. The monoisotopic (exact) mass is 466 g/mol. The number of piperazine rings is 1. The summed E-state index contributed by atoms with van der Waals surface area (Å²) in [4.78, 5) is 40.9. The molecule has 9 nitrogen and oxygen atoms in total. The summed E-state index contributed by atoms with van der Waals surface area (Å²) in [5.41, 5.74) is 0.867. The summed E-state index contributed by atoms with van der Waals surface area (Å²) >= 11 is 6.24. The van der Waals surface area contributed by atoms with E-state index in [9.17, 15) is 24.6 Å². The van der Waals surface area contributed by atoms with E-state index in [0.29, 0.717) is 19.6 Å². The number of aliphatic hydroxyl groups is 2. The lowest BCUT2D eigenvalue weighted by Crippen LogP contribution is -2.54. The average Bonchev–Trinajstić information content (AvgIpc) is 3.04. The van der Waals surface area contributed by atoms with Gasteiger partial charge in [-0.1, -0.05) is 18.5 Å². The van der Waals surface area contributed by atoms with Gasteiger partial charge in [0.2, 0.25) is 5.91 Å². The first kappa shape index (κ1) is 24.3. The number of rotatable bonds is 8. The zero-order chi connectivity index (χ0) is 23.5. The minimum absolute atomic E-state index is 0.0377. The Balaban J connectivity index is 1.60. The maximum atomic E-state index is 12.9. The summed E-state index contributed by atoms with van der Waals surface area (Å²) < 4.78 is 0. The Kier molecular flexibility index (Phi) is 7.63. The van der Waals surface area contributed by atoms with Gasteiger partial charge in [0, 0.05) is 49.2 Å². The van der Waals surface area contributed by atoms with Crippen molar-refractivity contribution >= 4 is 35.1 Å². The Morgan fingerprint density at radius 3 is 2.62 bits per heavy atom. The Morgan fingerprint density at radius 2 is 2.03 bits per heavy atom. The first-order chi connectivity index (χ1) is 15.1. The highest BCUT2D eigenvalue weighted by molar-refractivity contribution is 6.31. The fraction of sp³-hybridized carbons (Fsp3) is 0.591. The van der Waals surface area contributed by atoms with Gasteiger partial charge >= 0.3 is 6.03 Å². The first-order valence-electron chi connectivity index (χ1n) is 11.0. The van der Waals surface area contributed by atoms with Crippen molar-refractivity contribution in [2.75, 3.05) is 24.5 Å². The topological polar surface area (TPSA) is 122 Å². The standard InChI is InChI=1S/C22H31ClN4O5/c1-3-15-12-16(4-5-17(15)23)27-11-10-26(13-14(27)2)18(28)6-8-22(9-7-19(29)30)20(31)24-21(32)25-22/h4-5,12,14,19,29-30H,3,6-11,13H2,1-2H3,(H2,24,25,31,32)/t14-,22?/m0/s1. The third kappa shape index (κ3) is 5.33. The fourth-order valence-electron chi connectivity index (χ4n) is 4.44. The highest BCUT2D eigenvalue weighted by atomic mass is 35.5. The number of halogens is 1. The molecule has 2 heterocycles. The van der Waals surface area contributed by atoms with Gasteiger partial charge in [0.05, 0.1) is 0 Å². The first-order valence-corrected chi connectivity index (χ1v) is 11.4. The molecule has 4 amide bonds. The van der Waals surface area contributed by atoms with Crippen LogP contribution >= 0.6 is 11.6 Å². The van der Waals surface area contributed by atoms with E-state index in [-0.39, 0.29) is 37.6 Å². The third-order valence-corrected chi connectivity index (χ3v) is 6.70. The second-order valence-electron chi connectivity index (χ2n) is 8.52. The number of amides is 4. The van der Waals surface area contributed by atoms with Crippen LogP contribution in [0.1, 0.15) is 45.1 Å². The zero-order valence-corrected chi connectivity index (χ0v) is 19.2. The maximum Gasteiger partial charge on any atom is 0.322 e. The highest BCUT2D eigenvalue weighted by Crippen LogP contribution is 2.28. The number of carbonyl (C=O) groups is 3. The summed E-state index contributed by atoms with van der Waals surface area (Å²) in [6, 6.07) is 5.47. The van der Waals surface area contributed by atoms with Crippen LogP contribution in [-0.4, -0.2) is 70.5 Å². The van der Waals surface area contributed by atoms with Gasteiger partial charge in [0.15, 0.2) is 6.29 Å². The number of carbonyl (C=O) groups excluding carboxylic acids is 3. The normalized spacial score (nSPS) is 23.5. The van der Waals surface area contributed by atoms with Gasteiger partial charge in [0.1, 0.15) is 5.54 Å². The third-order valence-electron chi connectivity index (χ3n) is 6.33. The van der Waals surface area contributed by atoms with Gasteiger partial charge in [-0.15, -0.1) is 0 Å². The highest BCUT2D eigenvalue weighted by Gasteiger charge is 2.46. The molecule has 4 N–H and O–H groups in total. The second-order valence-corrected chi connectivity index (χ2v) is 8.93. The lowest BCUT2D eigenvalue weighted by atomic mass is 9.88. The molecule has 2 atom stereocenters. The lowest BCUT2D eigenvalue weighted by molar-refractivity contribution is -0.133. The molecule has 0 bridgehead atoms. The summed E-state index contributed by atoms with van der Waals surface area (Å²) in [5.74, 6) is -0.636. The van der Waals surface area contributed by atoms with Gasteiger partial charge in [-0.05, 0) is 49.9 Å². The van der Waals surface area contributed by atoms with Crippen LogP contribution in [0.15, 0.2) is 18.2 Å². The molecule has 176 valence electrons. The molecule has 1 unspecified atom stereocenters.